The van der Waals surface area contributed by atoms with E-state index < -0.39 is 0 Å². The minimum Gasteiger partial charge on any atom is -0.355 e. The van der Waals surface area contributed by atoms with Crippen LogP contribution in [0.3, 0.4) is 0 Å². The number of hydrogen-bond acceptors (Lipinski definition) is 3. The molecule has 2 aliphatic heterocycles. The Labute approximate surface area is 169 Å². The Kier molecular flexibility index (Phi) is 8.34. The van der Waals surface area contributed by atoms with Crippen LogP contribution >= 0.6 is 0 Å². The van der Waals surface area contributed by atoms with Gasteiger partial charge in [0.05, 0.1) is 6.54 Å². The van der Waals surface area contributed by atoms with Crippen LogP contribution in [0.2, 0.25) is 0 Å². The van der Waals surface area contributed by atoms with Gasteiger partial charge in [-0.25, -0.2) is 0 Å². The largest absolute Gasteiger partial charge is 0.355 e. The van der Waals surface area contributed by atoms with E-state index in [9.17, 15) is 9.59 Å². The highest BCUT2D eigenvalue weighted by Gasteiger charge is 2.21. The monoisotopic (exact) mass is 385 g/mol. The maximum Gasteiger partial charge on any atom is 0.234 e. The summed E-state index contributed by atoms with van der Waals surface area (Å²) in [4.78, 5) is 28.4. The van der Waals surface area contributed by atoms with Crippen LogP contribution in [0.5, 0.6) is 0 Å². The molecule has 2 fully saturated rings. The third kappa shape index (κ3) is 6.93. The Morgan fingerprint density at radius 1 is 1.04 bits per heavy atom. The van der Waals surface area contributed by atoms with Gasteiger partial charge in [-0.2, -0.15) is 0 Å². The summed E-state index contributed by atoms with van der Waals surface area (Å²) in [5, 5.41) is 3.03. The van der Waals surface area contributed by atoms with Gasteiger partial charge in [-0.05, 0) is 63.1 Å². The molecule has 0 radical (unpaired) electrons. The molecular weight excluding hydrogens is 350 g/mol. The number of rotatable bonds is 8. The van der Waals surface area contributed by atoms with Crippen LogP contribution in [0, 0.1) is 5.92 Å². The Hall–Kier alpha value is -1.88. The molecule has 0 aromatic heterocycles. The molecule has 2 amide bonds. The molecule has 0 unspecified atom stereocenters. The molecule has 0 spiro atoms. The first kappa shape index (κ1) is 20.8. The lowest BCUT2D eigenvalue weighted by atomic mass is 9.90. The van der Waals surface area contributed by atoms with Gasteiger partial charge in [0.15, 0.2) is 0 Å². The van der Waals surface area contributed by atoms with Gasteiger partial charge in [0.1, 0.15) is 0 Å². The number of hydrogen-bond donors (Lipinski definition) is 1. The van der Waals surface area contributed by atoms with Crippen molar-refractivity contribution in [3.8, 4) is 0 Å². The number of carbonyl (C=O) groups excluding carboxylic acids is 2. The standard InChI is InChI=1S/C23H35N3O2/c27-22(24-13-7-15-26-14-6-2-5-10-23(26)28)19-25-16-11-21(12-17-25)18-20-8-3-1-4-9-20/h1,3-4,8-9,21H,2,5-7,10-19H2,(H,24,27). The molecule has 1 aromatic rings. The van der Waals surface area contributed by atoms with Crippen molar-refractivity contribution in [2.45, 2.75) is 51.4 Å². The fourth-order valence-electron chi connectivity index (χ4n) is 4.33. The van der Waals surface area contributed by atoms with Gasteiger partial charge in [0, 0.05) is 26.1 Å². The molecule has 5 heteroatoms. The third-order valence-electron chi connectivity index (χ3n) is 6.04. The summed E-state index contributed by atoms with van der Waals surface area (Å²) < 4.78 is 0. The second-order valence-corrected chi connectivity index (χ2v) is 8.30. The molecule has 28 heavy (non-hydrogen) atoms. The highest BCUT2D eigenvalue weighted by Crippen LogP contribution is 2.21. The SMILES string of the molecule is O=C(CN1CCC(Cc2ccccc2)CC1)NCCCN1CCCCCC1=O. The molecule has 2 aliphatic rings. The topological polar surface area (TPSA) is 52.7 Å². The molecule has 0 saturated carbocycles. The normalized spacial score (nSPS) is 19.4. The molecule has 0 atom stereocenters. The highest BCUT2D eigenvalue weighted by atomic mass is 16.2. The van der Waals surface area contributed by atoms with Crippen LogP contribution in [0.25, 0.3) is 0 Å². The van der Waals surface area contributed by atoms with E-state index >= 15 is 0 Å². The number of carbonyl (C=O) groups is 2. The average molecular weight is 386 g/mol. The minimum absolute atomic E-state index is 0.115. The number of likely N-dealkylation sites (tertiary alicyclic amines) is 2. The number of benzene rings is 1. The highest BCUT2D eigenvalue weighted by molar-refractivity contribution is 5.78. The quantitative estimate of drug-likeness (QED) is 0.700. The van der Waals surface area contributed by atoms with Gasteiger partial charge >= 0.3 is 0 Å². The maximum absolute atomic E-state index is 12.2. The van der Waals surface area contributed by atoms with Crippen molar-refractivity contribution in [1.29, 1.82) is 0 Å². The summed E-state index contributed by atoms with van der Waals surface area (Å²) in [6.07, 6.45) is 8.30. The Bertz CT molecular complexity index is 612. The Morgan fingerprint density at radius 3 is 2.61 bits per heavy atom. The van der Waals surface area contributed by atoms with Gasteiger partial charge in [0.25, 0.3) is 0 Å². The summed E-state index contributed by atoms with van der Waals surface area (Å²) in [5.74, 6) is 1.12. The van der Waals surface area contributed by atoms with Crippen molar-refractivity contribution in [3.05, 3.63) is 35.9 Å². The van der Waals surface area contributed by atoms with E-state index in [2.05, 4.69) is 40.5 Å². The number of piperidine rings is 1. The zero-order valence-corrected chi connectivity index (χ0v) is 17.1. The first-order chi connectivity index (χ1) is 13.7. The second-order valence-electron chi connectivity index (χ2n) is 8.30. The van der Waals surface area contributed by atoms with E-state index in [4.69, 9.17) is 0 Å². The van der Waals surface area contributed by atoms with Crippen molar-refractivity contribution in [2.24, 2.45) is 5.92 Å². The van der Waals surface area contributed by atoms with Crippen LogP contribution in [-0.4, -0.2) is 60.9 Å². The molecule has 2 saturated heterocycles. The van der Waals surface area contributed by atoms with Crippen LogP contribution in [0.15, 0.2) is 30.3 Å². The lowest BCUT2D eigenvalue weighted by Gasteiger charge is -2.31. The van der Waals surface area contributed by atoms with Crippen LogP contribution in [-0.2, 0) is 16.0 Å². The summed E-state index contributed by atoms with van der Waals surface area (Å²) in [6.45, 7) is 4.82. The predicted molar refractivity (Wildman–Crippen MR) is 112 cm³/mol. The Balaban J connectivity index is 1.27. The Morgan fingerprint density at radius 2 is 1.82 bits per heavy atom. The van der Waals surface area contributed by atoms with Crippen molar-refractivity contribution in [3.63, 3.8) is 0 Å². The lowest BCUT2D eigenvalue weighted by molar-refractivity contribution is -0.130. The van der Waals surface area contributed by atoms with E-state index in [1.807, 2.05) is 4.90 Å². The molecule has 1 aromatic carbocycles. The van der Waals surface area contributed by atoms with Crippen LogP contribution < -0.4 is 5.32 Å². The molecule has 1 N–H and O–H groups in total. The second kappa shape index (κ2) is 11.2. The zero-order chi connectivity index (χ0) is 19.6. The van der Waals surface area contributed by atoms with E-state index in [0.717, 1.165) is 64.2 Å². The zero-order valence-electron chi connectivity index (χ0n) is 17.1. The van der Waals surface area contributed by atoms with E-state index in [1.165, 1.54) is 18.4 Å². The fraction of sp³-hybridized carbons (Fsp3) is 0.652. The molecule has 3 rings (SSSR count). The van der Waals surface area contributed by atoms with Gasteiger partial charge in [-0.3, -0.25) is 14.5 Å². The summed E-state index contributed by atoms with van der Waals surface area (Å²) in [6, 6.07) is 10.7. The molecular formula is C23H35N3O2. The van der Waals surface area contributed by atoms with Crippen molar-refractivity contribution >= 4 is 11.8 Å². The molecule has 154 valence electrons. The van der Waals surface area contributed by atoms with E-state index in [0.29, 0.717) is 19.5 Å². The first-order valence-corrected chi connectivity index (χ1v) is 11.0. The molecule has 0 aliphatic carbocycles. The number of nitrogens with zero attached hydrogens (tertiary/aromatic N) is 2. The van der Waals surface area contributed by atoms with Crippen molar-refractivity contribution in [2.75, 3.05) is 39.3 Å². The summed E-state index contributed by atoms with van der Waals surface area (Å²) in [7, 11) is 0. The van der Waals surface area contributed by atoms with Gasteiger partial charge in [0.2, 0.25) is 11.8 Å². The predicted octanol–water partition coefficient (Wildman–Crippen LogP) is 2.85. The van der Waals surface area contributed by atoms with Crippen molar-refractivity contribution < 1.29 is 9.59 Å². The lowest BCUT2D eigenvalue weighted by Crippen LogP contribution is -2.42. The minimum atomic E-state index is 0.115. The van der Waals surface area contributed by atoms with Crippen LogP contribution in [0.4, 0.5) is 0 Å². The van der Waals surface area contributed by atoms with Crippen molar-refractivity contribution in [1.82, 2.24) is 15.1 Å². The number of amides is 2. The summed E-state index contributed by atoms with van der Waals surface area (Å²) in [5.41, 5.74) is 1.42. The first-order valence-electron chi connectivity index (χ1n) is 11.0. The van der Waals surface area contributed by atoms with Gasteiger partial charge < -0.3 is 10.2 Å². The number of nitrogens with one attached hydrogen (secondary N) is 1. The third-order valence-corrected chi connectivity index (χ3v) is 6.04. The fourth-order valence-corrected chi connectivity index (χ4v) is 4.33. The molecule has 2 heterocycles. The molecule has 0 bridgehead atoms. The molecule has 5 nitrogen and oxygen atoms in total. The van der Waals surface area contributed by atoms with Gasteiger partial charge in [-0.1, -0.05) is 36.8 Å². The summed E-state index contributed by atoms with van der Waals surface area (Å²) >= 11 is 0. The van der Waals surface area contributed by atoms with Crippen LogP contribution in [0.1, 0.15) is 50.5 Å². The van der Waals surface area contributed by atoms with E-state index in [1.54, 1.807) is 0 Å². The van der Waals surface area contributed by atoms with Gasteiger partial charge in [-0.15, -0.1) is 0 Å². The van der Waals surface area contributed by atoms with E-state index in [-0.39, 0.29) is 11.8 Å². The maximum atomic E-state index is 12.2. The smallest absolute Gasteiger partial charge is 0.234 e. The average Bonchev–Trinajstić information content (AvgIpc) is 2.92.